The Kier molecular flexibility index (Phi) is 6.77. The van der Waals surface area contributed by atoms with Gasteiger partial charge in [0.25, 0.3) is 5.91 Å². The number of hydrogen-bond acceptors (Lipinski definition) is 4. The second-order valence-electron chi connectivity index (χ2n) is 7.04. The van der Waals surface area contributed by atoms with Gasteiger partial charge in [-0.25, -0.2) is 9.78 Å². The molecule has 1 heterocycles. The fraction of sp³-hybridized carbons (Fsp3) is 0.389. The fourth-order valence-electron chi connectivity index (χ4n) is 2.76. The van der Waals surface area contributed by atoms with Crippen molar-refractivity contribution in [1.29, 1.82) is 0 Å². The number of benzene rings is 1. The van der Waals surface area contributed by atoms with Crippen LogP contribution in [-0.4, -0.2) is 34.2 Å². The second-order valence-corrected chi connectivity index (χ2v) is 8.71. The summed E-state index contributed by atoms with van der Waals surface area (Å²) in [4.78, 5) is 28.1. The Bertz CT molecular complexity index is 759. The van der Waals surface area contributed by atoms with Crippen molar-refractivity contribution >= 4 is 39.3 Å². The first kappa shape index (κ1) is 20.4. The van der Waals surface area contributed by atoms with Gasteiger partial charge < -0.3 is 15.7 Å². The van der Waals surface area contributed by atoms with Crippen LogP contribution in [0.2, 0.25) is 0 Å². The highest BCUT2D eigenvalue weighted by atomic mass is 79.9. The Morgan fingerprint density at radius 2 is 1.88 bits per heavy atom. The molecular formula is C18H22BrN3O3S. The summed E-state index contributed by atoms with van der Waals surface area (Å²) in [5, 5.41) is 16.9. The van der Waals surface area contributed by atoms with Gasteiger partial charge in [0.15, 0.2) is 5.01 Å². The molecule has 2 unspecified atom stereocenters. The van der Waals surface area contributed by atoms with Gasteiger partial charge in [-0.05, 0) is 33.3 Å². The van der Waals surface area contributed by atoms with Crippen molar-refractivity contribution in [2.24, 2.45) is 5.41 Å². The lowest BCUT2D eigenvalue weighted by Crippen LogP contribution is -2.58. The molecule has 0 aliphatic heterocycles. The molecular weight excluding hydrogens is 418 g/mol. The van der Waals surface area contributed by atoms with Crippen LogP contribution in [0.4, 0.5) is 4.79 Å². The molecule has 2 rings (SSSR count). The molecule has 0 bridgehead atoms. The third-order valence-electron chi connectivity index (χ3n) is 3.90. The number of aromatic nitrogens is 1. The molecule has 0 fully saturated rings. The van der Waals surface area contributed by atoms with E-state index < -0.39 is 23.6 Å². The standard InChI is InChI=1S/C18H22BrN3O3S/c1-18(2,3)14(22-17(24)25)12(9-11-7-5-4-6-8-11)20-15(23)16-21-13(19)10-26-16/h4-8,10,12,14,22H,9H2,1-3H3,(H,20,23)(H,24,25). The van der Waals surface area contributed by atoms with Crippen molar-refractivity contribution in [2.45, 2.75) is 39.3 Å². The van der Waals surface area contributed by atoms with E-state index >= 15 is 0 Å². The van der Waals surface area contributed by atoms with Gasteiger partial charge in [-0.15, -0.1) is 11.3 Å². The minimum Gasteiger partial charge on any atom is -0.465 e. The predicted molar refractivity (Wildman–Crippen MR) is 106 cm³/mol. The maximum atomic E-state index is 12.6. The average Bonchev–Trinajstić information content (AvgIpc) is 2.98. The lowest BCUT2D eigenvalue weighted by Gasteiger charge is -2.37. The van der Waals surface area contributed by atoms with E-state index in [1.807, 2.05) is 51.1 Å². The monoisotopic (exact) mass is 439 g/mol. The van der Waals surface area contributed by atoms with Gasteiger partial charge in [-0.3, -0.25) is 4.79 Å². The number of halogens is 1. The molecule has 0 aliphatic carbocycles. The Morgan fingerprint density at radius 3 is 2.38 bits per heavy atom. The van der Waals surface area contributed by atoms with Crippen molar-refractivity contribution in [3.05, 3.63) is 50.9 Å². The molecule has 2 atom stereocenters. The molecule has 6 nitrogen and oxygen atoms in total. The van der Waals surface area contributed by atoms with E-state index in [-0.39, 0.29) is 5.91 Å². The van der Waals surface area contributed by atoms with Gasteiger partial charge in [-0.1, -0.05) is 51.1 Å². The van der Waals surface area contributed by atoms with Crippen LogP contribution in [0.25, 0.3) is 0 Å². The lowest BCUT2D eigenvalue weighted by molar-refractivity contribution is 0.0900. The normalized spacial score (nSPS) is 13.7. The third-order valence-corrected chi connectivity index (χ3v) is 5.45. The van der Waals surface area contributed by atoms with E-state index in [0.29, 0.717) is 16.0 Å². The predicted octanol–water partition coefficient (Wildman–Crippen LogP) is 3.93. The molecule has 140 valence electrons. The summed E-state index contributed by atoms with van der Waals surface area (Å²) < 4.78 is 0.600. The minimum absolute atomic E-state index is 0.317. The molecule has 3 N–H and O–H groups in total. The van der Waals surface area contributed by atoms with E-state index in [0.717, 1.165) is 5.56 Å². The molecule has 1 aromatic heterocycles. The summed E-state index contributed by atoms with van der Waals surface area (Å²) in [7, 11) is 0. The quantitative estimate of drug-likeness (QED) is 0.635. The number of thiazole rings is 1. The first-order valence-electron chi connectivity index (χ1n) is 8.12. The second kappa shape index (κ2) is 8.64. The zero-order valence-electron chi connectivity index (χ0n) is 14.8. The summed E-state index contributed by atoms with van der Waals surface area (Å²) in [6, 6.07) is 8.77. The smallest absolute Gasteiger partial charge is 0.404 e. The largest absolute Gasteiger partial charge is 0.465 e. The number of carbonyl (C=O) groups excluding carboxylic acids is 1. The molecule has 2 aromatic rings. The topological polar surface area (TPSA) is 91.3 Å². The summed E-state index contributed by atoms with van der Waals surface area (Å²) >= 11 is 4.48. The highest BCUT2D eigenvalue weighted by molar-refractivity contribution is 9.10. The van der Waals surface area contributed by atoms with Gasteiger partial charge in [-0.2, -0.15) is 0 Å². The minimum atomic E-state index is -1.12. The van der Waals surface area contributed by atoms with Crippen molar-refractivity contribution in [3.8, 4) is 0 Å². The zero-order chi connectivity index (χ0) is 19.3. The first-order valence-corrected chi connectivity index (χ1v) is 9.79. The van der Waals surface area contributed by atoms with Crippen LogP contribution < -0.4 is 10.6 Å². The molecule has 0 radical (unpaired) electrons. The zero-order valence-corrected chi connectivity index (χ0v) is 17.2. The summed E-state index contributed by atoms with van der Waals surface area (Å²) in [6.45, 7) is 5.83. The first-order chi connectivity index (χ1) is 12.2. The molecule has 8 heteroatoms. The number of carboxylic acid groups (broad SMARTS) is 1. The summed E-state index contributed by atoms with van der Waals surface area (Å²) in [5.41, 5.74) is 0.619. The molecule has 2 amide bonds. The van der Waals surface area contributed by atoms with Crippen LogP contribution >= 0.6 is 27.3 Å². The molecule has 0 spiro atoms. The fourth-order valence-corrected chi connectivity index (χ4v) is 3.92. The number of carbonyl (C=O) groups is 2. The van der Waals surface area contributed by atoms with E-state index in [2.05, 4.69) is 31.5 Å². The van der Waals surface area contributed by atoms with Crippen LogP contribution in [0.3, 0.4) is 0 Å². The number of nitrogens with zero attached hydrogens (tertiary/aromatic N) is 1. The third kappa shape index (κ3) is 5.81. The van der Waals surface area contributed by atoms with Crippen molar-refractivity contribution in [2.75, 3.05) is 0 Å². The van der Waals surface area contributed by atoms with E-state index in [9.17, 15) is 14.7 Å². The molecule has 0 saturated carbocycles. The Morgan fingerprint density at radius 1 is 1.23 bits per heavy atom. The van der Waals surface area contributed by atoms with E-state index in [1.54, 1.807) is 5.38 Å². The van der Waals surface area contributed by atoms with Gasteiger partial charge in [0, 0.05) is 5.38 Å². The number of hydrogen-bond donors (Lipinski definition) is 3. The average molecular weight is 440 g/mol. The maximum absolute atomic E-state index is 12.6. The van der Waals surface area contributed by atoms with Gasteiger partial charge >= 0.3 is 6.09 Å². The lowest BCUT2D eigenvalue weighted by atomic mass is 9.80. The van der Waals surface area contributed by atoms with E-state index in [4.69, 9.17) is 0 Å². The highest BCUT2D eigenvalue weighted by Crippen LogP contribution is 2.25. The molecule has 26 heavy (non-hydrogen) atoms. The van der Waals surface area contributed by atoms with Gasteiger partial charge in [0.1, 0.15) is 4.60 Å². The van der Waals surface area contributed by atoms with E-state index in [1.165, 1.54) is 11.3 Å². The van der Waals surface area contributed by atoms with Crippen LogP contribution in [0.1, 0.15) is 36.1 Å². The van der Waals surface area contributed by atoms with Crippen LogP contribution in [0.5, 0.6) is 0 Å². The molecule has 1 aromatic carbocycles. The van der Waals surface area contributed by atoms with Crippen molar-refractivity contribution in [3.63, 3.8) is 0 Å². The Hall–Kier alpha value is -1.93. The Labute approximate surface area is 165 Å². The summed E-state index contributed by atoms with van der Waals surface area (Å²) in [6.07, 6.45) is -0.615. The van der Waals surface area contributed by atoms with Crippen LogP contribution in [0, 0.1) is 5.41 Å². The van der Waals surface area contributed by atoms with Crippen molar-refractivity contribution in [1.82, 2.24) is 15.6 Å². The molecule has 0 saturated heterocycles. The highest BCUT2D eigenvalue weighted by Gasteiger charge is 2.35. The molecule has 0 aliphatic rings. The maximum Gasteiger partial charge on any atom is 0.404 e. The van der Waals surface area contributed by atoms with Crippen molar-refractivity contribution < 1.29 is 14.7 Å². The number of rotatable bonds is 6. The van der Waals surface area contributed by atoms with Crippen LogP contribution in [0.15, 0.2) is 40.3 Å². The summed E-state index contributed by atoms with van der Waals surface area (Å²) in [5.74, 6) is -0.317. The Balaban J connectivity index is 2.30. The van der Waals surface area contributed by atoms with Gasteiger partial charge in [0.2, 0.25) is 0 Å². The SMILES string of the molecule is CC(C)(C)C(NC(=O)O)C(Cc1ccccc1)NC(=O)c1nc(Br)cs1. The number of amides is 2. The van der Waals surface area contributed by atoms with Crippen LogP contribution in [-0.2, 0) is 6.42 Å². The van der Waals surface area contributed by atoms with Gasteiger partial charge in [0.05, 0.1) is 12.1 Å². The number of nitrogens with one attached hydrogen (secondary N) is 2.